The topological polar surface area (TPSA) is 46.0 Å². The smallest absolute Gasteiger partial charge is 0.146 e. The molecule has 0 saturated carbocycles. The van der Waals surface area contributed by atoms with Gasteiger partial charge in [-0.3, -0.25) is 9.97 Å². The van der Waals surface area contributed by atoms with E-state index in [2.05, 4.69) is 16.9 Å². The third-order valence-electron chi connectivity index (χ3n) is 1.50. The number of aliphatic hydroxyl groups is 1. The Bertz CT molecular complexity index is 259. The van der Waals surface area contributed by atoms with Crippen molar-refractivity contribution in [3.63, 3.8) is 0 Å². The van der Waals surface area contributed by atoms with Crippen LogP contribution in [0, 0.1) is 13.0 Å². The summed E-state index contributed by atoms with van der Waals surface area (Å²) in [7, 11) is 0. The molecule has 3 heteroatoms. The standard InChI is InChI=1S/C10H12N2O/c1-2-3-4-5-10(13)9-8-11-6-7-12-9/h3-4,6-8,13H,1-2,5H2/b4-3+. The van der Waals surface area contributed by atoms with E-state index in [9.17, 15) is 5.11 Å². The quantitative estimate of drug-likeness (QED) is 0.712. The Morgan fingerprint density at radius 1 is 1.46 bits per heavy atom. The van der Waals surface area contributed by atoms with Gasteiger partial charge < -0.3 is 5.11 Å². The van der Waals surface area contributed by atoms with Gasteiger partial charge in [-0.1, -0.05) is 12.2 Å². The molecule has 0 bridgehead atoms. The fourth-order valence-corrected chi connectivity index (χ4v) is 0.865. The third-order valence-corrected chi connectivity index (χ3v) is 1.50. The first-order valence-electron chi connectivity index (χ1n) is 4.10. The largest absolute Gasteiger partial charge is 0.380 e. The van der Waals surface area contributed by atoms with Crippen molar-refractivity contribution in [3.8, 4) is 0 Å². The Hall–Kier alpha value is -1.22. The predicted molar refractivity (Wildman–Crippen MR) is 50.0 cm³/mol. The van der Waals surface area contributed by atoms with Crippen LogP contribution in [0.2, 0.25) is 0 Å². The average Bonchev–Trinajstić information content (AvgIpc) is 2.19. The second kappa shape index (κ2) is 5.43. The zero-order valence-corrected chi connectivity index (χ0v) is 7.35. The van der Waals surface area contributed by atoms with E-state index >= 15 is 0 Å². The van der Waals surface area contributed by atoms with E-state index in [1.165, 1.54) is 6.20 Å². The fraction of sp³-hybridized carbons (Fsp3) is 0.200. The van der Waals surface area contributed by atoms with Crippen LogP contribution in [0.4, 0.5) is 0 Å². The lowest BCUT2D eigenvalue weighted by Gasteiger charge is -2.03. The summed E-state index contributed by atoms with van der Waals surface area (Å²) in [4.78, 5) is 7.81. The lowest BCUT2D eigenvalue weighted by Crippen LogP contribution is -2.00. The molecule has 0 aromatic carbocycles. The third kappa shape index (κ3) is 3.34. The number of nitrogens with zero attached hydrogens (tertiary/aromatic N) is 2. The van der Waals surface area contributed by atoms with Crippen molar-refractivity contribution in [1.29, 1.82) is 0 Å². The van der Waals surface area contributed by atoms with E-state index in [4.69, 9.17) is 0 Å². The highest BCUT2D eigenvalue weighted by Crippen LogP contribution is 2.11. The summed E-state index contributed by atoms with van der Waals surface area (Å²) >= 11 is 0. The minimum Gasteiger partial charge on any atom is -0.380 e. The maximum atomic E-state index is 9.49. The number of hydrogen-bond acceptors (Lipinski definition) is 3. The molecule has 0 spiro atoms. The number of aliphatic hydroxyl groups excluding tert-OH is 1. The van der Waals surface area contributed by atoms with Crippen LogP contribution in [0.15, 0.2) is 30.7 Å². The van der Waals surface area contributed by atoms with Gasteiger partial charge in [0, 0.05) is 18.8 Å². The molecule has 2 radical (unpaired) electrons. The molecule has 1 N–H and O–H groups in total. The lowest BCUT2D eigenvalue weighted by atomic mass is 10.2. The van der Waals surface area contributed by atoms with Crippen LogP contribution in [0.5, 0.6) is 0 Å². The molecule has 0 amide bonds. The Kier molecular flexibility index (Phi) is 4.12. The van der Waals surface area contributed by atoms with Gasteiger partial charge in [0.25, 0.3) is 0 Å². The maximum absolute atomic E-state index is 9.49. The second-order valence-corrected chi connectivity index (χ2v) is 2.50. The average molecular weight is 176 g/mol. The van der Waals surface area contributed by atoms with Gasteiger partial charge in [0.1, 0.15) is 6.10 Å². The molecule has 1 heterocycles. The molecule has 1 aromatic heterocycles. The van der Waals surface area contributed by atoms with Crippen LogP contribution in [0.1, 0.15) is 18.5 Å². The van der Waals surface area contributed by atoms with E-state index in [0.717, 1.165) is 6.42 Å². The zero-order chi connectivity index (χ0) is 9.52. The Morgan fingerprint density at radius 3 is 2.92 bits per heavy atom. The van der Waals surface area contributed by atoms with Crippen molar-refractivity contribution in [2.75, 3.05) is 0 Å². The summed E-state index contributed by atoms with van der Waals surface area (Å²) in [6.07, 6.45) is 9.86. The molecule has 0 aliphatic carbocycles. The molecular formula is C10H12N2O. The molecule has 0 aliphatic heterocycles. The van der Waals surface area contributed by atoms with Gasteiger partial charge in [-0.15, -0.1) is 0 Å². The SMILES string of the molecule is [CH2]C/C=C/C[C](O)c1cnccn1. The highest BCUT2D eigenvalue weighted by Gasteiger charge is 2.07. The minimum absolute atomic E-state index is 0.234. The van der Waals surface area contributed by atoms with Gasteiger partial charge in [-0.05, 0) is 13.3 Å². The van der Waals surface area contributed by atoms with Crippen molar-refractivity contribution < 1.29 is 5.11 Å². The predicted octanol–water partition coefficient (Wildman–Crippen LogP) is 1.90. The van der Waals surface area contributed by atoms with E-state index < -0.39 is 0 Å². The first-order valence-corrected chi connectivity index (χ1v) is 4.10. The maximum Gasteiger partial charge on any atom is 0.146 e. The first kappa shape index (κ1) is 9.86. The summed E-state index contributed by atoms with van der Waals surface area (Å²) in [5.41, 5.74) is 0.524. The van der Waals surface area contributed by atoms with E-state index in [1.807, 2.05) is 12.2 Å². The zero-order valence-electron chi connectivity index (χ0n) is 7.35. The minimum atomic E-state index is 0.234. The Morgan fingerprint density at radius 2 is 2.31 bits per heavy atom. The van der Waals surface area contributed by atoms with Gasteiger partial charge in [0.15, 0.2) is 0 Å². The van der Waals surface area contributed by atoms with Crippen molar-refractivity contribution >= 4 is 0 Å². The van der Waals surface area contributed by atoms with E-state index in [-0.39, 0.29) is 6.10 Å². The highest BCUT2D eigenvalue weighted by atomic mass is 16.3. The number of allylic oxidation sites excluding steroid dienone is 1. The van der Waals surface area contributed by atoms with Crippen molar-refractivity contribution in [2.24, 2.45) is 0 Å². The number of hydrogen-bond donors (Lipinski definition) is 1. The molecule has 13 heavy (non-hydrogen) atoms. The van der Waals surface area contributed by atoms with E-state index in [1.54, 1.807) is 12.4 Å². The fourth-order valence-electron chi connectivity index (χ4n) is 0.865. The normalized spacial score (nSPS) is 11.3. The Balaban J connectivity index is 2.49. The van der Waals surface area contributed by atoms with Crippen molar-refractivity contribution in [1.82, 2.24) is 9.97 Å². The van der Waals surface area contributed by atoms with Crippen LogP contribution in [-0.2, 0) is 0 Å². The van der Waals surface area contributed by atoms with Gasteiger partial charge in [-0.2, -0.15) is 0 Å². The summed E-state index contributed by atoms with van der Waals surface area (Å²) in [5, 5.41) is 9.49. The van der Waals surface area contributed by atoms with Crippen LogP contribution in [-0.4, -0.2) is 15.1 Å². The van der Waals surface area contributed by atoms with Gasteiger partial charge in [0.2, 0.25) is 0 Å². The summed E-state index contributed by atoms with van der Waals surface area (Å²) in [6.45, 7) is 3.65. The molecule has 1 aromatic rings. The van der Waals surface area contributed by atoms with Gasteiger partial charge >= 0.3 is 0 Å². The number of aromatic nitrogens is 2. The van der Waals surface area contributed by atoms with Gasteiger partial charge in [0.05, 0.1) is 11.9 Å². The molecule has 0 saturated heterocycles. The first-order chi connectivity index (χ1) is 6.34. The molecular weight excluding hydrogens is 164 g/mol. The van der Waals surface area contributed by atoms with Crippen LogP contribution in [0.3, 0.4) is 0 Å². The number of rotatable bonds is 4. The van der Waals surface area contributed by atoms with Crippen LogP contribution >= 0.6 is 0 Å². The molecule has 0 fully saturated rings. The monoisotopic (exact) mass is 176 g/mol. The van der Waals surface area contributed by atoms with Crippen LogP contribution < -0.4 is 0 Å². The molecule has 3 nitrogen and oxygen atoms in total. The van der Waals surface area contributed by atoms with Crippen molar-refractivity contribution in [2.45, 2.75) is 12.8 Å². The highest BCUT2D eigenvalue weighted by molar-refractivity contribution is 5.15. The summed E-state index contributed by atoms with van der Waals surface area (Å²) < 4.78 is 0. The van der Waals surface area contributed by atoms with Crippen molar-refractivity contribution in [3.05, 3.63) is 49.5 Å². The molecule has 68 valence electrons. The van der Waals surface area contributed by atoms with E-state index in [0.29, 0.717) is 12.1 Å². The summed E-state index contributed by atoms with van der Waals surface area (Å²) in [6, 6.07) is 0. The molecule has 0 aliphatic rings. The summed E-state index contributed by atoms with van der Waals surface area (Å²) in [5.74, 6) is 0. The van der Waals surface area contributed by atoms with Gasteiger partial charge in [-0.25, -0.2) is 0 Å². The molecule has 1 rings (SSSR count). The molecule has 0 atom stereocenters. The van der Waals surface area contributed by atoms with Crippen LogP contribution in [0.25, 0.3) is 0 Å². The lowest BCUT2D eigenvalue weighted by molar-refractivity contribution is 0.321. The second-order valence-electron chi connectivity index (χ2n) is 2.50. The molecule has 0 unspecified atom stereocenters. The Labute approximate surface area is 78.2 Å².